The molecular weight excluding hydrogens is 265 g/mol. The van der Waals surface area contributed by atoms with Crippen molar-refractivity contribution in [1.29, 1.82) is 0 Å². The predicted molar refractivity (Wildman–Crippen MR) is 64.8 cm³/mol. The average molecular weight is 276 g/mol. The quantitative estimate of drug-likeness (QED) is 0.621. The Labute approximate surface area is 107 Å². The Balaban J connectivity index is 3.02. The monoisotopic (exact) mass is 276 g/mol. The maximum Gasteiger partial charge on any atom is 0.446 e. The van der Waals surface area contributed by atoms with Crippen molar-refractivity contribution in [1.82, 2.24) is 0 Å². The number of ether oxygens (including phenoxy) is 1. The molecule has 0 N–H and O–H groups in total. The molecule has 1 aromatic rings. The van der Waals surface area contributed by atoms with E-state index in [0.717, 1.165) is 18.7 Å². The normalized spacial score (nSPS) is 12.4. The topological polar surface area (TPSA) is 26.3 Å². The van der Waals surface area contributed by atoms with E-state index in [1.54, 1.807) is 24.3 Å². The van der Waals surface area contributed by atoms with Gasteiger partial charge in [-0.25, -0.2) is 4.79 Å². The van der Waals surface area contributed by atoms with Gasteiger partial charge in [-0.2, -0.15) is 13.2 Å². The highest BCUT2D eigenvalue weighted by molar-refractivity contribution is 8.04. The summed E-state index contributed by atoms with van der Waals surface area (Å²) in [4.78, 5) is 10.8. The van der Waals surface area contributed by atoms with E-state index in [2.05, 4.69) is 4.74 Å². The molecule has 0 spiro atoms. The van der Waals surface area contributed by atoms with Crippen LogP contribution >= 0.6 is 11.8 Å². The maximum absolute atomic E-state index is 12.3. The number of carbonyl (C=O) groups is 1. The van der Waals surface area contributed by atoms with Gasteiger partial charge in [-0.05, 0) is 30.3 Å². The van der Waals surface area contributed by atoms with Gasteiger partial charge in [-0.3, -0.25) is 0 Å². The van der Waals surface area contributed by atoms with Crippen molar-refractivity contribution in [3.8, 4) is 0 Å². The first-order valence-electron chi connectivity index (χ1n) is 4.94. The number of carbonyl (C=O) groups excluding carboxylic acids is 1. The Morgan fingerprint density at radius 2 is 1.83 bits per heavy atom. The van der Waals surface area contributed by atoms with Crippen molar-refractivity contribution < 1.29 is 22.7 Å². The van der Waals surface area contributed by atoms with Gasteiger partial charge in [0.1, 0.15) is 4.91 Å². The van der Waals surface area contributed by atoms with Gasteiger partial charge in [0.15, 0.2) is 0 Å². The van der Waals surface area contributed by atoms with Gasteiger partial charge < -0.3 is 4.74 Å². The van der Waals surface area contributed by atoms with E-state index in [0.29, 0.717) is 5.56 Å². The van der Waals surface area contributed by atoms with Gasteiger partial charge in [-0.15, -0.1) is 0 Å². The number of aryl methyl sites for hydroxylation is 1. The summed E-state index contributed by atoms with van der Waals surface area (Å²) in [6, 6.07) is 6.77. The van der Waals surface area contributed by atoms with Crippen LogP contribution in [0.25, 0.3) is 6.08 Å². The van der Waals surface area contributed by atoms with Crippen molar-refractivity contribution in [3.05, 3.63) is 40.3 Å². The molecule has 0 amide bonds. The van der Waals surface area contributed by atoms with Gasteiger partial charge in [0.25, 0.3) is 0 Å². The number of esters is 1. The lowest BCUT2D eigenvalue weighted by Crippen LogP contribution is -2.08. The zero-order valence-electron chi connectivity index (χ0n) is 9.75. The van der Waals surface area contributed by atoms with Crippen LogP contribution in [0, 0.1) is 6.92 Å². The maximum atomic E-state index is 12.3. The van der Waals surface area contributed by atoms with Crippen molar-refractivity contribution in [3.63, 3.8) is 0 Å². The van der Waals surface area contributed by atoms with Crippen LogP contribution in [0.15, 0.2) is 29.2 Å². The Bertz CT molecular complexity index is 449. The number of hydrogen-bond acceptors (Lipinski definition) is 3. The standard InChI is InChI=1S/C12H11F3O2S/c1-8-3-5-9(6-4-8)7-10(11(16)17-2)18-12(13,14)15/h3-7H,1-2H3/b10-7-. The molecule has 1 aromatic carbocycles. The Hall–Kier alpha value is -1.43. The molecule has 0 heterocycles. The van der Waals surface area contributed by atoms with E-state index >= 15 is 0 Å². The second-order valence-corrected chi connectivity index (χ2v) is 4.57. The average Bonchev–Trinajstić information content (AvgIpc) is 2.28. The van der Waals surface area contributed by atoms with E-state index in [1.807, 2.05) is 6.92 Å². The van der Waals surface area contributed by atoms with Crippen LogP contribution < -0.4 is 0 Å². The van der Waals surface area contributed by atoms with Crippen LogP contribution in [-0.2, 0) is 9.53 Å². The second kappa shape index (κ2) is 5.95. The van der Waals surface area contributed by atoms with E-state index in [4.69, 9.17) is 0 Å². The van der Waals surface area contributed by atoms with E-state index in [-0.39, 0.29) is 0 Å². The molecule has 0 aliphatic rings. The molecule has 0 fully saturated rings. The third-order valence-corrected chi connectivity index (χ3v) is 2.72. The summed E-state index contributed by atoms with van der Waals surface area (Å²) in [6.45, 7) is 1.86. The smallest absolute Gasteiger partial charge is 0.446 e. The van der Waals surface area contributed by atoms with Crippen LogP contribution in [0.2, 0.25) is 0 Å². The molecule has 2 nitrogen and oxygen atoms in total. The minimum Gasteiger partial charge on any atom is -0.465 e. The predicted octanol–water partition coefficient (Wildman–Crippen LogP) is 3.76. The molecule has 98 valence electrons. The van der Waals surface area contributed by atoms with Gasteiger partial charge >= 0.3 is 11.5 Å². The minimum atomic E-state index is -4.52. The molecule has 0 bridgehead atoms. The highest BCUT2D eigenvalue weighted by Crippen LogP contribution is 2.37. The van der Waals surface area contributed by atoms with Crippen molar-refractivity contribution in [2.75, 3.05) is 7.11 Å². The number of benzene rings is 1. The molecule has 0 saturated heterocycles. The van der Waals surface area contributed by atoms with Gasteiger partial charge in [0, 0.05) is 0 Å². The van der Waals surface area contributed by atoms with Crippen LogP contribution in [0.1, 0.15) is 11.1 Å². The minimum absolute atomic E-state index is 0.480. The summed E-state index contributed by atoms with van der Waals surface area (Å²) in [5.41, 5.74) is -3.03. The fourth-order valence-corrected chi connectivity index (χ4v) is 1.78. The number of thioether (sulfide) groups is 1. The van der Waals surface area contributed by atoms with Crippen LogP contribution in [0.3, 0.4) is 0 Å². The van der Waals surface area contributed by atoms with Crippen LogP contribution in [0.5, 0.6) is 0 Å². The Morgan fingerprint density at radius 1 is 1.28 bits per heavy atom. The first kappa shape index (κ1) is 14.6. The molecule has 0 saturated carbocycles. The third-order valence-electron chi connectivity index (χ3n) is 1.99. The SMILES string of the molecule is COC(=O)/C(=C/c1ccc(C)cc1)SC(F)(F)F. The molecular formula is C12H11F3O2S. The van der Waals surface area contributed by atoms with Crippen molar-refractivity contribution in [2.45, 2.75) is 12.4 Å². The fraction of sp³-hybridized carbons (Fsp3) is 0.250. The first-order chi connectivity index (χ1) is 8.31. The van der Waals surface area contributed by atoms with Gasteiger partial charge in [0.2, 0.25) is 0 Å². The Morgan fingerprint density at radius 3 is 2.28 bits per heavy atom. The third kappa shape index (κ3) is 4.83. The molecule has 0 radical (unpaired) electrons. The highest BCUT2D eigenvalue weighted by Gasteiger charge is 2.33. The number of hydrogen-bond donors (Lipinski definition) is 0. The number of halogens is 3. The van der Waals surface area contributed by atoms with Crippen molar-refractivity contribution in [2.24, 2.45) is 0 Å². The van der Waals surface area contributed by atoms with Gasteiger partial charge in [-0.1, -0.05) is 29.8 Å². The molecule has 0 aliphatic carbocycles. The zero-order valence-corrected chi connectivity index (χ0v) is 10.6. The summed E-state index contributed by atoms with van der Waals surface area (Å²) in [6.07, 6.45) is 1.16. The first-order valence-corrected chi connectivity index (χ1v) is 5.76. The van der Waals surface area contributed by atoms with Crippen LogP contribution in [-0.4, -0.2) is 18.6 Å². The lowest BCUT2D eigenvalue weighted by atomic mass is 10.1. The lowest BCUT2D eigenvalue weighted by Gasteiger charge is -2.08. The van der Waals surface area contributed by atoms with E-state index < -0.39 is 28.1 Å². The number of alkyl halides is 3. The van der Waals surface area contributed by atoms with Crippen LogP contribution in [0.4, 0.5) is 13.2 Å². The van der Waals surface area contributed by atoms with E-state index in [9.17, 15) is 18.0 Å². The summed E-state index contributed by atoms with van der Waals surface area (Å²) >= 11 is -0.480. The van der Waals surface area contributed by atoms with E-state index in [1.165, 1.54) is 0 Å². The molecule has 1 rings (SSSR count). The molecule has 6 heteroatoms. The summed E-state index contributed by atoms with van der Waals surface area (Å²) in [5.74, 6) is -1.00. The van der Waals surface area contributed by atoms with Gasteiger partial charge in [0.05, 0.1) is 7.11 Å². The number of methoxy groups -OCH3 is 1. The number of rotatable bonds is 3. The largest absolute Gasteiger partial charge is 0.465 e. The highest BCUT2D eigenvalue weighted by atomic mass is 32.2. The van der Waals surface area contributed by atoms with Crippen molar-refractivity contribution >= 4 is 23.8 Å². The summed E-state index contributed by atoms with van der Waals surface area (Å²) < 4.78 is 41.2. The molecule has 0 aliphatic heterocycles. The fourth-order valence-electron chi connectivity index (χ4n) is 1.17. The molecule has 0 aromatic heterocycles. The molecule has 0 atom stereocenters. The zero-order chi connectivity index (χ0) is 13.8. The Kier molecular flexibility index (Phi) is 4.84. The second-order valence-electron chi connectivity index (χ2n) is 3.46. The molecule has 18 heavy (non-hydrogen) atoms. The summed E-state index contributed by atoms with van der Waals surface area (Å²) in [5, 5.41) is 0. The lowest BCUT2D eigenvalue weighted by molar-refractivity contribution is -0.135. The molecule has 0 unspecified atom stereocenters. The summed E-state index contributed by atoms with van der Waals surface area (Å²) in [7, 11) is 1.04.